The standard InChI is InChI=1S/C10H19N/c1-9-3-2-4-10(6-5-9)7-8-11/h7,9H,2-6,8,11H2,1H3. The second-order valence-corrected chi connectivity index (χ2v) is 3.63. The molecule has 11 heavy (non-hydrogen) atoms. The molecule has 1 nitrogen and oxygen atoms in total. The smallest absolute Gasteiger partial charge is 0.0109 e. The molecule has 0 heterocycles. The average molecular weight is 153 g/mol. The number of hydrogen-bond acceptors (Lipinski definition) is 1. The van der Waals surface area contributed by atoms with Gasteiger partial charge in [-0.15, -0.1) is 0 Å². The van der Waals surface area contributed by atoms with Crippen LogP contribution < -0.4 is 5.73 Å². The van der Waals surface area contributed by atoms with Crippen molar-refractivity contribution in [2.75, 3.05) is 6.54 Å². The summed E-state index contributed by atoms with van der Waals surface area (Å²) in [7, 11) is 0. The topological polar surface area (TPSA) is 26.0 Å². The fourth-order valence-corrected chi connectivity index (χ4v) is 1.75. The van der Waals surface area contributed by atoms with Gasteiger partial charge in [0.1, 0.15) is 0 Å². The van der Waals surface area contributed by atoms with E-state index >= 15 is 0 Å². The molecule has 1 saturated carbocycles. The second-order valence-electron chi connectivity index (χ2n) is 3.63. The molecule has 0 aromatic carbocycles. The Kier molecular flexibility index (Phi) is 3.64. The lowest BCUT2D eigenvalue weighted by atomic mass is 10.0. The van der Waals surface area contributed by atoms with Gasteiger partial charge in [-0.3, -0.25) is 0 Å². The molecule has 0 radical (unpaired) electrons. The van der Waals surface area contributed by atoms with Gasteiger partial charge in [0.15, 0.2) is 0 Å². The van der Waals surface area contributed by atoms with Crippen molar-refractivity contribution in [1.29, 1.82) is 0 Å². The third-order valence-corrected chi connectivity index (χ3v) is 2.56. The fraction of sp³-hybridized carbons (Fsp3) is 0.800. The zero-order valence-corrected chi connectivity index (χ0v) is 7.47. The molecule has 0 spiro atoms. The first-order valence-corrected chi connectivity index (χ1v) is 4.71. The minimum atomic E-state index is 0.726. The van der Waals surface area contributed by atoms with Gasteiger partial charge in [-0.2, -0.15) is 0 Å². The first-order valence-electron chi connectivity index (χ1n) is 4.71. The van der Waals surface area contributed by atoms with Gasteiger partial charge in [0.2, 0.25) is 0 Å². The van der Waals surface area contributed by atoms with Crippen LogP contribution in [0.5, 0.6) is 0 Å². The van der Waals surface area contributed by atoms with Crippen molar-refractivity contribution in [3.8, 4) is 0 Å². The summed E-state index contributed by atoms with van der Waals surface area (Å²) in [4.78, 5) is 0. The third-order valence-electron chi connectivity index (χ3n) is 2.56. The molecular weight excluding hydrogens is 134 g/mol. The van der Waals surface area contributed by atoms with Gasteiger partial charge >= 0.3 is 0 Å². The van der Waals surface area contributed by atoms with Crippen LogP contribution >= 0.6 is 0 Å². The van der Waals surface area contributed by atoms with Gasteiger partial charge < -0.3 is 5.73 Å². The molecule has 0 aliphatic heterocycles. The molecule has 1 aliphatic rings. The fourth-order valence-electron chi connectivity index (χ4n) is 1.75. The second kappa shape index (κ2) is 4.55. The molecule has 0 amide bonds. The summed E-state index contributed by atoms with van der Waals surface area (Å²) in [6.45, 7) is 3.08. The molecule has 1 atom stereocenters. The summed E-state index contributed by atoms with van der Waals surface area (Å²) in [6.07, 6.45) is 8.93. The minimum absolute atomic E-state index is 0.726. The predicted octanol–water partition coefficient (Wildman–Crippen LogP) is 2.47. The van der Waals surface area contributed by atoms with E-state index in [0.29, 0.717) is 0 Å². The molecule has 64 valence electrons. The van der Waals surface area contributed by atoms with Crippen LogP contribution in [-0.2, 0) is 0 Å². The van der Waals surface area contributed by atoms with Gasteiger partial charge in [0.25, 0.3) is 0 Å². The highest BCUT2D eigenvalue weighted by atomic mass is 14.5. The molecule has 1 fully saturated rings. The monoisotopic (exact) mass is 153 g/mol. The quantitative estimate of drug-likeness (QED) is 0.454. The van der Waals surface area contributed by atoms with Crippen LogP contribution in [0.3, 0.4) is 0 Å². The van der Waals surface area contributed by atoms with Crippen molar-refractivity contribution in [2.45, 2.75) is 39.0 Å². The van der Waals surface area contributed by atoms with Crippen molar-refractivity contribution >= 4 is 0 Å². The summed E-state index contributed by atoms with van der Waals surface area (Å²) in [5, 5.41) is 0. The zero-order chi connectivity index (χ0) is 8.10. The van der Waals surface area contributed by atoms with Gasteiger partial charge in [-0.05, 0) is 31.6 Å². The van der Waals surface area contributed by atoms with E-state index in [1.807, 2.05) is 0 Å². The van der Waals surface area contributed by atoms with E-state index in [1.54, 1.807) is 5.57 Å². The van der Waals surface area contributed by atoms with Crippen LogP contribution in [0.25, 0.3) is 0 Å². The Hall–Kier alpha value is -0.300. The molecular formula is C10H19N. The van der Waals surface area contributed by atoms with Gasteiger partial charge in [0.05, 0.1) is 0 Å². The molecule has 0 aromatic rings. The van der Waals surface area contributed by atoms with E-state index in [-0.39, 0.29) is 0 Å². The maximum absolute atomic E-state index is 5.47. The van der Waals surface area contributed by atoms with E-state index in [4.69, 9.17) is 5.73 Å². The Balaban J connectivity index is 2.40. The van der Waals surface area contributed by atoms with Crippen LogP contribution in [0.4, 0.5) is 0 Å². The van der Waals surface area contributed by atoms with Gasteiger partial charge in [-0.25, -0.2) is 0 Å². The number of hydrogen-bond donors (Lipinski definition) is 1. The van der Waals surface area contributed by atoms with Crippen LogP contribution in [0.1, 0.15) is 39.0 Å². The van der Waals surface area contributed by atoms with Crippen LogP contribution in [-0.4, -0.2) is 6.54 Å². The summed E-state index contributed by atoms with van der Waals surface area (Å²) in [5.74, 6) is 0.929. The first kappa shape index (κ1) is 8.79. The number of allylic oxidation sites excluding steroid dienone is 1. The molecule has 1 rings (SSSR count). The molecule has 0 bridgehead atoms. The summed E-state index contributed by atoms with van der Waals surface area (Å²) in [6, 6.07) is 0. The number of nitrogens with two attached hydrogens (primary N) is 1. The largest absolute Gasteiger partial charge is 0.327 e. The maximum Gasteiger partial charge on any atom is 0.0109 e. The van der Waals surface area contributed by atoms with Crippen molar-refractivity contribution in [1.82, 2.24) is 0 Å². The lowest BCUT2D eigenvalue weighted by molar-refractivity contribution is 0.507. The highest BCUT2D eigenvalue weighted by Gasteiger charge is 2.09. The molecule has 0 saturated heterocycles. The van der Waals surface area contributed by atoms with Crippen LogP contribution in [0.15, 0.2) is 11.6 Å². The van der Waals surface area contributed by atoms with Gasteiger partial charge in [-0.1, -0.05) is 25.0 Å². The van der Waals surface area contributed by atoms with Crippen LogP contribution in [0, 0.1) is 5.92 Å². The van der Waals surface area contributed by atoms with E-state index in [0.717, 1.165) is 12.5 Å². The first-order chi connectivity index (χ1) is 5.33. The Morgan fingerprint density at radius 2 is 2.27 bits per heavy atom. The number of rotatable bonds is 1. The molecule has 1 heteroatoms. The van der Waals surface area contributed by atoms with Crippen molar-refractivity contribution < 1.29 is 0 Å². The normalized spacial score (nSPS) is 30.4. The maximum atomic E-state index is 5.47. The lowest BCUT2D eigenvalue weighted by Crippen LogP contribution is -1.95. The van der Waals surface area contributed by atoms with E-state index in [9.17, 15) is 0 Å². The average Bonchev–Trinajstić information content (AvgIpc) is 2.17. The van der Waals surface area contributed by atoms with Crippen molar-refractivity contribution in [3.05, 3.63) is 11.6 Å². The summed E-state index contributed by atoms with van der Waals surface area (Å²) < 4.78 is 0. The van der Waals surface area contributed by atoms with Gasteiger partial charge in [0, 0.05) is 6.54 Å². The Labute approximate surface area is 69.7 Å². The van der Waals surface area contributed by atoms with E-state index < -0.39 is 0 Å². The highest BCUT2D eigenvalue weighted by Crippen LogP contribution is 2.25. The van der Waals surface area contributed by atoms with Crippen LogP contribution in [0.2, 0.25) is 0 Å². The third kappa shape index (κ3) is 3.06. The minimum Gasteiger partial charge on any atom is -0.327 e. The summed E-state index contributed by atoms with van der Waals surface area (Å²) >= 11 is 0. The predicted molar refractivity (Wildman–Crippen MR) is 49.4 cm³/mol. The van der Waals surface area contributed by atoms with E-state index in [1.165, 1.54) is 32.1 Å². The lowest BCUT2D eigenvalue weighted by Gasteiger charge is -2.03. The molecule has 0 aromatic heterocycles. The Morgan fingerprint density at radius 1 is 1.45 bits per heavy atom. The molecule has 1 unspecified atom stereocenters. The summed E-state index contributed by atoms with van der Waals surface area (Å²) in [5.41, 5.74) is 7.06. The van der Waals surface area contributed by atoms with E-state index in [2.05, 4.69) is 13.0 Å². The molecule has 1 aliphatic carbocycles. The zero-order valence-electron chi connectivity index (χ0n) is 7.47. The Morgan fingerprint density at radius 3 is 3.00 bits per heavy atom. The molecule has 2 N–H and O–H groups in total. The Bertz CT molecular complexity index is 138. The SMILES string of the molecule is CC1CCCC(=CCN)CC1. The van der Waals surface area contributed by atoms with Crippen molar-refractivity contribution in [3.63, 3.8) is 0 Å². The highest BCUT2D eigenvalue weighted by molar-refractivity contribution is 5.04. The van der Waals surface area contributed by atoms with Crippen molar-refractivity contribution in [2.24, 2.45) is 11.7 Å².